The lowest BCUT2D eigenvalue weighted by atomic mass is 10.3. The molecule has 1 atom stereocenters. The molecule has 1 rings (SSSR count). The minimum atomic E-state index is 0.131. The molecule has 3 heteroatoms. The van der Waals surface area contributed by atoms with E-state index in [0.29, 0.717) is 6.54 Å². The molecule has 1 heterocycles. The minimum Gasteiger partial charge on any atom is -0.395 e. The van der Waals surface area contributed by atoms with Crippen molar-refractivity contribution in [2.24, 2.45) is 0 Å². The fourth-order valence-corrected chi connectivity index (χ4v) is 0.846. The van der Waals surface area contributed by atoms with Crippen LogP contribution in [0.3, 0.4) is 0 Å². The highest BCUT2D eigenvalue weighted by molar-refractivity contribution is 5.02. The zero-order chi connectivity index (χ0) is 8.81. The van der Waals surface area contributed by atoms with E-state index < -0.39 is 0 Å². The van der Waals surface area contributed by atoms with Crippen molar-refractivity contribution in [3.8, 4) is 0 Å². The highest BCUT2D eigenvalue weighted by Crippen LogP contribution is 1.92. The van der Waals surface area contributed by atoms with E-state index >= 15 is 0 Å². The number of aliphatic hydroxyl groups excluding tert-OH is 1. The second-order valence-corrected chi connectivity index (χ2v) is 2.79. The Morgan fingerprint density at radius 1 is 1.58 bits per heavy atom. The number of rotatable bonds is 4. The van der Waals surface area contributed by atoms with Crippen LogP contribution in [-0.4, -0.2) is 22.7 Å². The molecule has 12 heavy (non-hydrogen) atoms. The molecule has 3 nitrogen and oxygen atoms in total. The summed E-state index contributed by atoms with van der Waals surface area (Å²) in [4.78, 5) is 4.14. The van der Waals surface area contributed by atoms with Crippen LogP contribution in [0.25, 0.3) is 0 Å². The van der Waals surface area contributed by atoms with E-state index in [0.717, 1.165) is 5.69 Å². The molecule has 0 radical (unpaired) electrons. The van der Waals surface area contributed by atoms with E-state index in [9.17, 15) is 0 Å². The third kappa shape index (κ3) is 2.98. The Morgan fingerprint density at radius 3 is 3.00 bits per heavy atom. The topological polar surface area (TPSA) is 45.1 Å². The molecule has 1 unspecified atom stereocenters. The standard InChI is InChI=1S/C9H14N2O/c1-8(7-12)11-6-9-4-2-3-5-10-9/h2-5,8,11-12H,6-7H2,1H3. The van der Waals surface area contributed by atoms with Crippen LogP contribution in [0.5, 0.6) is 0 Å². The molecule has 0 saturated heterocycles. The smallest absolute Gasteiger partial charge is 0.0582 e. The summed E-state index contributed by atoms with van der Waals surface area (Å²) < 4.78 is 0. The fraction of sp³-hybridized carbons (Fsp3) is 0.444. The first-order valence-electron chi connectivity index (χ1n) is 4.07. The summed E-state index contributed by atoms with van der Waals surface area (Å²) in [5, 5.41) is 11.9. The number of aliphatic hydroxyl groups is 1. The van der Waals surface area contributed by atoms with Gasteiger partial charge in [-0.05, 0) is 19.1 Å². The average molecular weight is 166 g/mol. The third-order valence-electron chi connectivity index (χ3n) is 1.63. The molecule has 0 aliphatic heterocycles. The van der Waals surface area contributed by atoms with Gasteiger partial charge in [0.2, 0.25) is 0 Å². The molecule has 1 aromatic rings. The van der Waals surface area contributed by atoms with Gasteiger partial charge in [-0.15, -0.1) is 0 Å². The van der Waals surface area contributed by atoms with Gasteiger partial charge in [0.15, 0.2) is 0 Å². The first-order chi connectivity index (χ1) is 5.83. The molecule has 0 aliphatic carbocycles. The molecule has 0 amide bonds. The number of nitrogens with zero attached hydrogens (tertiary/aromatic N) is 1. The van der Waals surface area contributed by atoms with Crippen LogP contribution in [0.4, 0.5) is 0 Å². The molecule has 2 N–H and O–H groups in total. The highest BCUT2D eigenvalue weighted by Gasteiger charge is 1.98. The minimum absolute atomic E-state index is 0.131. The maximum absolute atomic E-state index is 8.73. The molecule has 0 aromatic carbocycles. The van der Waals surface area contributed by atoms with Gasteiger partial charge >= 0.3 is 0 Å². The first-order valence-corrected chi connectivity index (χ1v) is 4.07. The van der Waals surface area contributed by atoms with Crippen molar-refractivity contribution in [2.75, 3.05) is 6.61 Å². The third-order valence-corrected chi connectivity index (χ3v) is 1.63. The largest absolute Gasteiger partial charge is 0.395 e. The van der Waals surface area contributed by atoms with Crippen molar-refractivity contribution in [3.05, 3.63) is 30.1 Å². The molecule has 1 aromatic heterocycles. The maximum atomic E-state index is 8.73. The number of nitrogens with one attached hydrogen (secondary N) is 1. The fourth-order valence-electron chi connectivity index (χ4n) is 0.846. The van der Waals surface area contributed by atoms with Gasteiger partial charge in [0.1, 0.15) is 0 Å². The van der Waals surface area contributed by atoms with E-state index in [1.54, 1.807) is 6.20 Å². The van der Waals surface area contributed by atoms with E-state index in [4.69, 9.17) is 5.11 Å². The van der Waals surface area contributed by atoms with Gasteiger partial charge in [-0.1, -0.05) is 6.07 Å². The lowest BCUT2D eigenvalue weighted by molar-refractivity contribution is 0.250. The van der Waals surface area contributed by atoms with Crippen molar-refractivity contribution in [3.63, 3.8) is 0 Å². The van der Waals surface area contributed by atoms with Gasteiger partial charge in [-0.25, -0.2) is 0 Å². The lowest BCUT2D eigenvalue weighted by Gasteiger charge is -2.09. The molecular formula is C9H14N2O. The molecule has 0 bridgehead atoms. The summed E-state index contributed by atoms with van der Waals surface area (Å²) >= 11 is 0. The van der Waals surface area contributed by atoms with Crippen LogP contribution in [0, 0.1) is 0 Å². The molecule has 0 aliphatic rings. The quantitative estimate of drug-likeness (QED) is 0.686. The predicted octanol–water partition coefficient (Wildman–Crippen LogP) is 0.552. The summed E-state index contributed by atoms with van der Waals surface area (Å²) in [5.41, 5.74) is 0.998. The lowest BCUT2D eigenvalue weighted by Crippen LogP contribution is -2.28. The van der Waals surface area contributed by atoms with Gasteiger partial charge in [0, 0.05) is 18.8 Å². The van der Waals surface area contributed by atoms with Gasteiger partial charge in [0.05, 0.1) is 12.3 Å². The van der Waals surface area contributed by atoms with Crippen molar-refractivity contribution in [2.45, 2.75) is 19.5 Å². The normalized spacial score (nSPS) is 12.8. The van der Waals surface area contributed by atoms with Crippen LogP contribution < -0.4 is 5.32 Å². The summed E-state index contributed by atoms with van der Waals surface area (Å²) in [7, 11) is 0. The number of pyridine rings is 1. The second-order valence-electron chi connectivity index (χ2n) is 2.79. The van der Waals surface area contributed by atoms with E-state index in [1.165, 1.54) is 0 Å². The van der Waals surface area contributed by atoms with E-state index in [-0.39, 0.29) is 12.6 Å². The van der Waals surface area contributed by atoms with Gasteiger partial charge in [-0.3, -0.25) is 4.98 Å². The molecule has 66 valence electrons. The molecule has 0 saturated carbocycles. The SMILES string of the molecule is CC(CO)NCc1ccccn1. The Balaban J connectivity index is 2.33. The Labute approximate surface area is 72.5 Å². The van der Waals surface area contributed by atoms with Crippen molar-refractivity contribution < 1.29 is 5.11 Å². The Bertz CT molecular complexity index is 213. The zero-order valence-electron chi connectivity index (χ0n) is 7.20. The van der Waals surface area contributed by atoms with Gasteiger partial charge in [0.25, 0.3) is 0 Å². The monoisotopic (exact) mass is 166 g/mol. The van der Waals surface area contributed by atoms with Crippen molar-refractivity contribution >= 4 is 0 Å². The first kappa shape index (κ1) is 9.16. The second kappa shape index (κ2) is 4.85. The Morgan fingerprint density at radius 2 is 2.42 bits per heavy atom. The van der Waals surface area contributed by atoms with Crippen LogP contribution in [-0.2, 0) is 6.54 Å². The summed E-state index contributed by atoms with van der Waals surface area (Å²) in [5.74, 6) is 0. The Hall–Kier alpha value is -0.930. The number of aromatic nitrogens is 1. The average Bonchev–Trinajstić information content (AvgIpc) is 2.16. The summed E-state index contributed by atoms with van der Waals surface area (Å²) in [6, 6.07) is 5.93. The van der Waals surface area contributed by atoms with Crippen molar-refractivity contribution in [1.82, 2.24) is 10.3 Å². The van der Waals surface area contributed by atoms with Crippen LogP contribution >= 0.6 is 0 Å². The number of hydrogen-bond acceptors (Lipinski definition) is 3. The van der Waals surface area contributed by atoms with Crippen LogP contribution in [0.1, 0.15) is 12.6 Å². The van der Waals surface area contributed by atoms with Crippen LogP contribution in [0.15, 0.2) is 24.4 Å². The van der Waals surface area contributed by atoms with Gasteiger partial charge < -0.3 is 10.4 Å². The highest BCUT2D eigenvalue weighted by atomic mass is 16.3. The molecule has 0 fully saturated rings. The van der Waals surface area contributed by atoms with E-state index in [2.05, 4.69) is 10.3 Å². The number of hydrogen-bond donors (Lipinski definition) is 2. The van der Waals surface area contributed by atoms with Crippen molar-refractivity contribution in [1.29, 1.82) is 0 Å². The molecular weight excluding hydrogens is 152 g/mol. The van der Waals surface area contributed by atoms with Crippen LogP contribution in [0.2, 0.25) is 0 Å². The zero-order valence-corrected chi connectivity index (χ0v) is 7.20. The molecule has 0 spiro atoms. The summed E-state index contributed by atoms with van der Waals surface area (Å²) in [6.45, 7) is 2.80. The Kier molecular flexibility index (Phi) is 3.70. The predicted molar refractivity (Wildman–Crippen MR) is 47.6 cm³/mol. The summed E-state index contributed by atoms with van der Waals surface area (Å²) in [6.07, 6.45) is 1.76. The van der Waals surface area contributed by atoms with Gasteiger partial charge in [-0.2, -0.15) is 0 Å². The maximum Gasteiger partial charge on any atom is 0.0582 e. The van der Waals surface area contributed by atoms with E-state index in [1.807, 2.05) is 25.1 Å².